The van der Waals surface area contributed by atoms with Gasteiger partial charge < -0.3 is 14.4 Å². The maximum Gasteiger partial charge on any atom is 0.337 e. The molecule has 160 valence electrons. The molecule has 1 N–H and O–H groups in total. The molecule has 0 radical (unpaired) electrons. The molecule has 3 rings (SSSR count). The highest BCUT2D eigenvalue weighted by Crippen LogP contribution is 2.27. The third-order valence-electron chi connectivity index (χ3n) is 4.94. The number of anilines is 1. The Morgan fingerprint density at radius 1 is 1.03 bits per heavy atom. The molecule has 0 aromatic heterocycles. The Labute approximate surface area is 175 Å². The van der Waals surface area contributed by atoms with E-state index in [1.54, 1.807) is 0 Å². The zero-order valence-corrected chi connectivity index (χ0v) is 17.7. The fraction of sp³-hybridized carbons (Fsp3) is 0.333. The number of ether oxygens (including phenoxy) is 2. The lowest BCUT2D eigenvalue weighted by molar-refractivity contribution is 0.0598. The van der Waals surface area contributed by atoms with Crippen molar-refractivity contribution in [3.05, 3.63) is 59.2 Å². The van der Waals surface area contributed by atoms with Gasteiger partial charge in [0.25, 0.3) is 0 Å². The zero-order valence-electron chi connectivity index (χ0n) is 16.9. The van der Waals surface area contributed by atoms with Crippen molar-refractivity contribution in [2.45, 2.75) is 17.7 Å². The topological polar surface area (TPSA) is 102 Å². The summed E-state index contributed by atoms with van der Waals surface area (Å²) in [4.78, 5) is 25.8. The first-order chi connectivity index (χ1) is 14.4. The number of sulfonamides is 1. The first-order valence-corrected chi connectivity index (χ1v) is 11.0. The van der Waals surface area contributed by atoms with E-state index >= 15 is 0 Å². The lowest BCUT2D eigenvalue weighted by atomic mass is 10.1. The molecule has 0 aliphatic carbocycles. The number of esters is 2. The second-order valence-electron chi connectivity index (χ2n) is 6.85. The molecule has 0 atom stereocenters. The maximum atomic E-state index is 12.7. The van der Waals surface area contributed by atoms with E-state index in [9.17, 15) is 18.0 Å². The van der Waals surface area contributed by atoms with Crippen LogP contribution in [0.5, 0.6) is 0 Å². The Morgan fingerprint density at radius 2 is 1.67 bits per heavy atom. The number of hydrogen-bond donors (Lipinski definition) is 1. The Hall–Kier alpha value is -2.91. The third kappa shape index (κ3) is 4.80. The average molecular weight is 432 g/mol. The molecule has 1 aliphatic rings. The third-order valence-corrected chi connectivity index (χ3v) is 6.38. The molecule has 0 saturated heterocycles. The number of methoxy groups -OCH3 is 2. The fourth-order valence-electron chi connectivity index (χ4n) is 3.42. The average Bonchev–Trinajstić information content (AvgIpc) is 3.18. The molecule has 0 amide bonds. The van der Waals surface area contributed by atoms with Gasteiger partial charge in [0.2, 0.25) is 10.0 Å². The van der Waals surface area contributed by atoms with E-state index in [4.69, 9.17) is 0 Å². The standard InChI is InChI=1S/C21H24N2O6S/c1-28-20(24)16-12-17(21(25)29-2)14-18(13-16)30(26,27)22-9-5-10-23-11-8-15-6-3-4-7-19(15)23/h3-4,6-7,12-14,22H,5,8-11H2,1-2H3. The van der Waals surface area contributed by atoms with E-state index in [1.807, 2.05) is 12.1 Å². The molecule has 2 aromatic carbocycles. The summed E-state index contributed by atoms with van der Waals surface area (Å²) in [5.74, 6) is -1.49. The van der Waals surface area contributed by atoms with Crippen LogP contribution in [0, 0.1) is 0 Å². The molecule has 1 aliphatic heterocycles. The molecular formula is C21H24N2O6S. The van der Waals surface area contributed by atoms with Gasteiger partial charge in [-0.3, -0.25) is 0 Å². The molecule has 0 fully saturated rings. The van der Waals surface area contributed by atoms with Gasteiger partial charge in [-0.25, -0.2) is 22.7 Å². The summed E-state index contributed by atoms with van der Waals surface area (Å²) in [6, 6.07) is 11.8. The van der Waals surface area contributed by atoms with Gasteiger partial charge in [0.05, 0.1) is 30.2 Å². The first kappa shape index (κ1) is 21.8. The van der Waals surface area contributed by atoms with Crippen molar-refractivity contribution < 1.29 is 27.5 Å². The van der Waals surface area contributed by atoms with Crippen LogP contribution < -0.4 is 9.62 Å². The number of nitrogens with zero attached hydrogens (tertiary/aromatic N) is 1. The van der Waals surface area contributed by atoms with Crippen LogP contribution in [-0.2, 0) is 25.9 Å². The van der Waals surface area contributed by atoms with Crippen LogP contribution >= 0.6 is 0 Å². The largest absolute Gasteiger partial charge is 0.465 e. The number of benzene rings is 2. The number of hydrogen-bond acceptors (Lipinski definition) is 7. The van der Waals surface area contributed by atoms with Gasteiger partial charge in [-0.1, -0.05) is 18.2 Å². The Morgan fingerprint density at radius 3 is 2.30 bits per heavy atom. The van der Waals surface area contributed by atoms with Crippen LogP contribution in [0.4, 0.5) is 5.69 Å². The summed E-state index contributed by atoms with van der Waals surface area (Å²) in [5.41, 5.74) is 2.39. The molecular weight excluding hydrogens is 408 g/mol. The lowest BCUT2D eigenvalue weighted by Gasteiger charge is -2.19. The predicted octanol–water partition coefficient (Wildman–Crippen LogP) is 1.99. The minimum Gasteiger partial charge on any atom is -0.465 e. The van der Waals surface area contributed by atoms with Gasteiger partial charge in [-0.05, 0) is 42.7 Å². The number of fused-ring (bicyclic) bond motifs is 1. The Balaban J connectivity index is 1.68. The van der Waals surface area contributed by atoms with Crippen LogP contribution in [0.15, 0.2) is 47.4 Å². The summed E-state index contributed by atoms with van der Waals surface area (Å²) < 4.78 is 37.3. The molecule has 0 unspecified atom stereocenters. The van der Waals surface area contributed by atoms with Crippen molar-refractivity contribution in [2.24, 2.45) is 0 Å². The highest BCUT2D eigenvalue weighted by atomic mass is 32.2. The minimum absolute atomic E-state index is 0.0468. The molecule has 0 bridgehead atoms. The van der Waals surface area contributed by atoms with Crippen molar-refractivity contribution in [1.29, 1.82) is 0 Å². The van der Waals surface area contributed by atoms with Crippen molar-refractivity contribution in [3.8, 4) is 0 Å². The number of carbonyl (C=O) groups excluding carboxylic acids is 2. The van der Waals surface area contributed by atoms with E-state index < -0.39 is 22.0 Å². The van der Waals surface area contributed by atoms with Crippen LogP contribution in [-0.4, -0.2) is 54.2 Å². The normalized spacial score (nSPS) is 13.1. The number of rotatable bonds is 8. The number of carbonyl (C=O) groups is 2. The van der Waals surface area contributed by atoms with Crippen LogP contribution in [0.3, 0.4) is 0 Å². The lowest BCUT2D eigenvalue weighted by Crippen LogP contribution is -2.29. The predicted molar refractivity (Wildman–Crippen MR) is 111 cm³/mol. The van der Waals surface area contributed by atoms with Crippen molar-refractivity contribution in [2.75, 3.05) is 38.8 Å². The van der Waals surface area contributed by atoms with Crippen LogP contribution in [0.25, 0.3) is 0 Å². The van der Waals surface area contributed by atoms with Gasteiger partial charge in [0.15, 0.2) is 0 Å². The summed E-state index contributed by atoms with van der Waals surface area (Å²) in [7, 11) is -1.58. The monoisotopic (exact) mass is 432 g/mol. The smallest absolute Gasteiger partial charge is 0.337 e. The van der Waals surface area contributed by atoms with E-state index in [2.05, 4.69) is 31.2 Å². The number of nitrogens with one attached hydrogen (secondary N) is 1. The first-order valence-electron chi connectivity index (χ1n) is 9.50. The van der Waals surface area contributed by atoms with E-state index in [0.29, 0.717) is 6.42 Å². The molecule has 30 heavy (non-hydrogen) atoms. The molecule has 9 heteroatoms. The highest BCUT2D eigenvalue weighted by Gasteiger charge is 2.22. The fourth-order valence-corrected chi connectivity index (χ4v) is 4.57. The van der Waals surface area contributed by atoms with E-state index in [-0.39, 0.29) is 22.6 Å². The Bertz CT molecular complexity index is 1020. The summed E-state index contributed by atoms with van der Waals surface area (Å²) >= 11 is 0. The van der Waals surface area contributed by atoms with Crippen molar-refractivity contribution in [3.63, 3.8) is 0 Å². The molecule has 0 spiro atoms. The second kappa shape index (κ2) is 9.27. The zero-order chi connectivity index (χ0) is 21.7. The van der Waals surface area contributed by atoms with Gasteiger partial charge in [-0.2, -0.15) is 0 Å². The van der Waals surface area contributed by atoms with Crippen LogP contribution in [0.2, 0.25) is 0 Å². The van der Waals surface area contributed by atoms with Crippen molar-refractivity contribution in [1.82, 2.24) is 4.72 Å². The Kier molecular flexibility index (Phi) is 6.73. The molecule has 1 heterocycles. The highest BCUT2D eigenvalue weighted by molar-refractivity contribution is 7.89. The summed E-state index contributed by atoms with van der Waals surface area (Å²) in [6.45, 7) is 1.85. The van der Waals surface area contributed by atoms with Gasteiger partial charge in [-0.15, -0.1) is 0 Å². The quantitative estimate of drug-likeness (QED) is 0.503. The molecule has 0 saturated carbocycles. The molecule has 2 aromatic rings. The summed E-state index contributed by atoms with van der Waals surface area (Å²) in [5, 5.41) is 0. The van der Waals surface area contributed by atoms with Crippen molar-refractivity contribution >= 4 is 27.6 Å². The summed E-state index contributed by atoms with van der Waals surface area (Å²) in [6.07, 6.45) is 1.59. The van der Waals surface area contributed by atoms with E-state index in [1.165, 1.54) is 43.7 Å². The number of para-hydroxylation sites is 1. The van der Waals surface area contributed by atoms with Gasteiger partial charge in [0.1, 0.15) is 0 Å². The van der Waals surface area contributed by atoms with Gasteiger partial charge >= 0.3 is 11.9 Å². The van der Waals surface area contributed by atoms with E-state index in [0.717, 1.165) is 19.5 Å². The second-order valence-corrected chi connectivity index (χ2v) is 8.61. The molecule has 8 nitrogen and oxygen atoms in total. The maximum absolute atomic E-state index is 12.7. The minimum atomic E-state index is -3.93. The van der Waals surface area contributed by atoms with Gasteiger partial charge in [0, 0.05) is 25.3 Å². The SMILES string of the molecule is COC(=O)c1cc(C(=O)OC)cc(S(=O)(=O)NCCCN2CCc3ccccc32)c1. The van der Waals surface area contributed by atoms with Crippen LogP contribution in [0.1, 0.15) is 32.7 Å².